The van der Waals surface area contributed by atoms with Crippen molar-refractivity contribution in [3.63, 3.8) is 0 Å². The van der Waals surface area contributed by atoms with E-state index in [-0.39, 0.29) is 23.6 Å². The van der Waals surface area contributed by atoms with Gasteiger partial charge in [-0.3, -0.25) is 14.4 Å². The monoisotopic (exact) mass is 423 g/mol. The largest absolute Gasteiger partial charge is 0.493 e. The van der Waals surface area contributed by atoms with Crippen LogP contribution in [0.15, 0.2) is 48.5 Å². The van der Waals surface area contributed by atoms with Crippen molar-refractivity contribution in [3.8, 4) is 5.75 Å². The topological polar surface area (TPSA) is 87.7 Å². The van der Waals surface area contributed by atoms with E-state index in [1.54, 1.807) is 11.0 Å². The van der Waals surface area contributed by atoms with E-state index in [2.05, 4.69) is 10.6 Å². The second-order valence-corrected chi connectivity index (χ2v) is 7.79. The van der Waals surface area contributed by atoms with Crippen molar-refractivity contribution in [2.75, 3.05) is 30.3 Å². The van der Waals surface area contributed by atoms with E-state index in [0.717, 1.165) is 11.3 Å². The van der Waals surface area contributed by atoms with Crippen molar-refractivity contribution >= 4 is 29.1 Å². The van der Waals surface area contributed by atoms with Gasteiger partial charge in [0, 0.05) is 25.9 Å². The highest BCUT2D eigenvalue weighted by Gasteiger charge is 2.27. The third-order valence-electron chi connectivity index (χ3n) is 5.29. The Labute approximate surface area is 182 Å². The molecular weight excluding hydrogens is 394 g/mol. The van der Waals surface area contributed by atoms with Crippen LogP contribution in [0.4, 0.5) is 11.4 Å². The number of amides is 3. The van der Waals surface area contributed by atoms with Crippen molar-refractivity contribution in [1.82, 2.24) is 4.90 Å². The van der Waals surface area contributed by atoms with Crippen LogP contribution in [0.1, 0.15) is 31.7 Å². The maximum atomic E-state index is 12.8. The minimum atomic E-state index is -0.192. The Morgan fingerprint density at radius 2 is 1.71 bits per heavy atom. The van der Waals surface area contributed by atoms with E-state index in [9.17, 15) is 14.4 Å². The molecule has 0 aromatic heterocycles. The summed E-state index contributed by atoms with van der Waals surface area (Å²) in [7, 11) is 0. The number of nitrogens with zero attached hydrogens (tertiary/aromatic N) is 1. The second kappa shape index (κ2) is 10.6. The predicted octanol–water partition coefficient (Wildman–Crippen LogP) is 3.60. The van der Waals surface area contributed by atoms with E-state index >= 15 is 0 Å². The van der Waals surface area contributed by atoms with Crippen LogP contribution in [-0.4, -0.2) is 42.3 Å². The Hall–Kier alpha value is -3.35. The molecule has 3 amide bonds. The van der Waals surface area contributed by atoms with Crippen LogP contribution >= 0.6 is 0 Å². The highest BCUT2D eigenvalue weighted by atomic mass is 16.5. The molecule has 1 heterocycles. The molecule has 164 valence electrons. The fourth-order valence-corrected chi connectivity index (χ4v) is 3.62. The van der Waals surface area contributed by atoms with Gasteiger partial charge in [0.1, 0.15) is 5.75 Å². The normalized spacial score (nSPS) is 14.1. The maximum absolute atomic E-state index is 12.8. The molecule has 3 rings (SSSR count). The Morgan fingerprint density at radius 1 is 1.00 bits per heavy atom. The predicted molar refractivity (Wildman–Crippen MR) is 120 cm³/mol. The van der Waals surface area contributed by atoms with Crippen molar-refractivity contribution in [2.45, 2.75) is 33.1 Å². The van der Waals surface area contributed by atoms with Gasteiger partial charge in [0.15, 0.2) is 0 Å². The number of carbonyl (C=O) groups excluding carboxylic acids is 3. The number of likely N-dealkylation sites (tertiary alicyclic amines) is 1. The summed E-state index contributed by atoms with van der Waals surface area (Å²) in [5.41, 5.74) is 2.16. The number of carbonyl (C=O) groups is 3. The van der Waals surface area contributed by atoms with Gasteiger partial charge in [0.2, 0.25) is 17.7 Å². The van der Waals surface area contributed by atoms with Crippen molar-refractivity contribution < 1.29 is 19.1 Å². The minimum Gasteiger partial charge on any atom is -0.493 e. The van der Waals surface area contributed by atoms with Gasteiger partial charge < -0.3 is 20.3 Å². The SMILES string of the molecule is CC(=O)Nc1ccc(C)cc1NC(=O)C1CCN(C(=O)CCOc2ccccc2)CC1. The summed E-state index contributed by atoms with van der Waals surface area (Å²) >= 11 is 0. The fourth-order valence-electron chi connectivity index (χ4n) is 3.62. The van der Waals surface area contributed by atoms with Crippen LogP contribution in [0.25, 0.3) is 0 Å². The molecule has 0 saturated carbocycles. The number of hydrogen-bond acceptors (Lipinski definition) is 4. The highest BCUT2D eigenvalue weighted by molar-refractivity contribution is 5.99. The van der Waals surface area contributed by atoms with Crippen molar-refractivity contribution in [2.24, 2.45) is 5.92 Å². The first kappa shape index (κ1) is 22.3. The molecule has 31 heavy (non-hydrogen) atoms. The zero-order valence-electron chi connectivity index (χ0n) is 18.0. The Morgan fingerprint density at radius 3 is 2.39 bits per heavy atom. The van der Waals surface area contributed by atoms with E-state index in [0.29, 0.717) is 50.3 Å². The van der Waals surface area contributed by atoms with E-state index in [4.69, 9.17) is 4.74 Å². The van der Waals surface area contributed by atoms with Gasteiger partial charge in [0.05, 0.1) is 24.4 Å². The zero-order valence-corrected chi connectivity index (χ0v) is 18.0. The van der Waals surface area contributed by atoms with Crippen LogP contribution in [0, 0.1) is 12.8 Å². The smallest absolute Gasteiger partial charge is 0.227 e. The lowest BCUT2D eigenvalue weighted by Gasteiger charge is -2.31. The Balaban J connectivity index is 1.47. The first-order valence-electron chi connectivity index (χ1n) is 10.6. The molecule has 0 spiro atoms. The molecule has 0 radical (unpaired) electrons. The number of hydrogen-bond donors (Lipinski definition) is 2. The highest BCUT2D eigenvalue weighted by Crippen LogP contribution is 2.26. The summed E-state index contributed by atoms with van der Waals surface area (Å²) in [5, 5.41) is 5.69. The number of para-hydroxylation sites is 1. The van der Waals surface area contributed by atoms with Crippen LogP contribution in [0.2, 0.25) is 0 Å². The standard InChI is InChI=1S/C24H29N3O4/c1-17-8-9-21(25-18(2)28)22(16-17)26-24(30)19-10-13-27(14-11-19)23(29)12-15-31-20-6-4-3-5-7-20/h3-9,16,19H,10-15H2,1-2H3,(H,25,28)(H,26,30). The summed E-state index contributed by atoms with van der Waals surface area (Å²) in [5.74, 6) is 0.344. The molecule has 7 heteroatoms. The molecule has 0 atom stereocenters. The summed E-state index contributed by atoms with van der Waals surface area (Å²) < 4.78 is 5.60. The molecule has 1 fully saturated rings. The van der Waals surface area contributed by atoms with Gasteiger partial charge in [-0.1, -0.05) is 24.3 Å². The molecule has 1 aliphatic heterocycles. The fraction of sp³-hybridized carbons (Fsp3) is 0.375. The Kier molecular flexibility index (Phi) is 7.65. The van der Waals surface area contributed by atoms with Crippen LogP contribution in [0.3, 0.4) is 0 Å². The first-order chi connectivity index (χ1) is 14.9. The van der Waals surface area contributed by atoms with Crippen molar-refractivity contribution in [3.05, 3.63) is 54.1 Å². The molecule has 2 aromatic carbocycles. The number of anilines is 2. The van der Waals surface area contributed by atoms with Crippen LogP contribution in [-0.2, 0) is 14.4 Å². The zero-order chi connectivity index (χ0) is 22.2. The molecule has 0 unspecified atom stereocenters. The average molecular weight is 424 g/mol. The third-order valence-corrected chi connectivity index (χ3v) is 5.29. The second-order valence-electron chi connectivity index (χ2n) is 7.79. The average Bonchev–Trinajstić information content (AvgIpc) is 2.76. The summed E-state index contributed by atoms with van der Waals surface area (Å²) in [4.78, 5) is 38.4. The number of rotatable bonds is 7. The number of ether oxygens (including phenoxy) is 1. The molecule has 0 aliphatic carbocycles. The quantitative estimate of drug-likeness (QED) is 0.712. The van der Waals surface area contributed by atoms with Gasteiger partial charge in [-0.25, -0.2) is 0 Å². The summed E-state index contributed by atoms with van der Waals surface area (Å²) in [6, 6.07) is 14.9. The number of nitrogens with one attached hydrogen (secondary N) is 2. The lowest BCUT2D eigenvalue weighted by atomic mass is 9.95. The van der Waals surface area contributed by atoms with Gasteiger partial charge in [-0.2, -0.15) is 0 Å². The van der Waals surface area contributed by atoms with Crippen LogP contribution in [0.5, 0.6) is 5.75 Å². The molecule has 1 saturated heterocycles. The lowest BCUT2D eigenvalue weighted by Crippen LogP contribution is -2.41. The molecule has 2 aromatic rings. The van der Waals surface area contributed by atoms with Gasteiger partial charge in [-0.15, -0.1) is 0 Å². The van der Waals surface area contributed by atoms with E-state index in [1.807, 2.05) is 49.4 Å². The maximum Gasteiger partial charge on any atom is 0.227 e. The van der Waals surface area contributed by atoms with E-state index < -0.39 is 0 Å². The molecule has 2 N–H and O–H groups in total. The lowest BCUT2D eigenvalue weighted by molar-refractivity contribution is -0.135. The third kappa shape index (κ3) is 6.57. The molecule has 7 nitrogen and oxygen atoms in total. The van der Waals surface area contributed by atoms with Gasteiger partial charge in [0.25, 0.3) is 0 Å². The van der Waals surface area contributed by atoms with Gasteiger partial charge >= 0.3 is 0 Å². The Bertz CT molecular complexity index is 922. The molecule has 1 aliphatic rings. The summed E-state index contributed by atoms with van der Waals surface area (Å²) in [6.07, 6.45) is 1.53. The number of piperidine rings is 1. The van der Waals surface area contributed by atoms with Crippen LogP contribution < -0.4 is 15.4 Å². The van der Waals surface area contributed by atoms with Gasteiger partial charge in [-0.05, 0) is 49.6 Å². The van der Waals surface area contributed by atoms with E-state index in [1.165, 1.54) is 6.92 Å². The molecule has 0 bridgehead atoms. The first-order valence-corrected chi connectivity index (χ1v) is 10.6. The minimum absolute atomic E-state index is 0.0430. The number of aryl methyl sites for hydroxylation is 1. The van der Waals surface area contributed by atoms with Crippen molar-refractivity contribution in [1.29, 1.82) is 0 Å². The molecular formula is C24H29N3O4. The number of benzene rings is 2. The summed E-state index contributed by atoms with van der Waals surface area (Å²) in [6.45, 7) is 4.80.